The van der Waals surface area contributed by atoms with Gasteiger partial charge in [-0.15, -0.1) is 10.2 Å². The predicted octanol–water partition coefficient (Wildman–Crippen LogP) is 1.04. The number of nitrogens with one attached hydrogen (secondary N) is 1. The summed E-state index contributed by atoms with van der Waals surface area (Å²) in [6.07, 6.45) is 3.87. The summed E-state index contributed by atoms with van der Waals surface area (Å²) in [7, 11) is 0. The van der Waals surface area contributed by atoms with Crippen molar-refractivity contribution in [3.8, 4) is 0 Å². The second-order valence-corrected chi connectivity index (χ2v) is 5.87. The number of carbonyl (C=O) groups is 1. The molecule has 0 bridgehead atoms. The van der Waals surface area contributed by atoms with Crippen molar-refractivity contribution in [3.63, 3.8) is 0 Å². The summed E-state index contributed by atoms with van der Waals surface area (Å²) in [6.45, 7) is 7.58. The van der Waals surface area contributed by atoms with Crippen LogP contribution in [-0.4, -0.2) is 48.4 Å². The van der Waals surface area contributed by atoms with Gasteiger partial charge in [0.2, 0.25) is 5.91 Å². The van der Waals surface area contributed by atoms with Crippen LogP contribution in [0.1, 0.15) is 31.4 Å². The summed E-state index contributed by atoms with van der Waals surface area (Å²) < 4.78 is 3.95. The van der Waals surface area contributed by atoms with Crippen molar-refractivity contribution in [3.05, 3.63) is 23.9 Å². The van der Waals surface area contributed by atoms with E-state index in [0.29, 0.717) is 13.1 Å². The number of amides is 1. The maximum atomic E-state index is 12.3. The Labute approximate surface area is 135 Å². The SMILES string of the molecule is CCCCn1nccc1NC(=O)CN1CCn2c(C)nnc2C1. The fourth-order valence-corrected chi connectivity index (χ4v) is 2.80. The van der Waals surface area contributed by atoms with E-state index in [-0.39, 0.29) is 5.91 Å². The van der Waals surface area contributed by atoms with E-state index < -0.39 is 0 Å². The molecule has 1 aliphatic rings. The van der Waals surface area contributed by atoms with Gasteiger partial charge in [-0.3, -0.25) is 9.69 Å². The first-order chi connectivity index (χ1) is 11.2. The number of aryl methyl sites for hydroxylation is 2. The monoisotopic (exact) mass is 317 g/mol. The minimum Gasteiger partial charge on any atom is -0.313 e. The van der Waals surface area contributed by atoms with Crippen LogP contribution in [0.3, 0.4) is 0 Å². The van der Waals surface area contributed by atoms with E-state index in [2.05, 4.69) is 37.0 Å². The standard InChI is InChI=1S/C15H23N7O/c1-3-4-7-22-13(5-6-16-22)17-15(23)11-20-8-9-21-12(2)18-19-14(21)10-20/h5-6H,3-4,7-11H2,1-2H3,(H,17,23). The quantitative estimate of drug-likeness (QED) is 0.861. The van der Waals surface area contributed by atoms with Crippen LogP contribution >= 0.6 is 0 Å². The van der Waals surface area contributed by atoms with Crippen LogP contribution in [0.25, 0.3) is 0 Å². The molecule has 2 aromatic rings. The molecule has 1 N–H and O–H groups in total. The van der Waals surface area contributed by atoms with Crippen molar-refractivity contribution in [2.24, 2.45) is 0 Å². The van der Waals surface area contributed by atoms with E-state index in [9.17, 15) is 4.79 Å². The molecule has 0 radical (unpaired) electrons. The molecule has 23 heavy (non-hydrogen) atoms. The maximum Gasteiger partial charge on any atom is 0.239 e. The van der Waals surface area contributed by atoms with Crippen LogP contribution in [0, 0.1) is 6.92 Å². The van der Waals surface area contributed by atoms with Crippen LogP contribution in [0.15, 0.2) is 12.3 Å². The van der Waals surface area contributed by atoms with Gasteiger partial charge in [0, 0.05) is 25.7 Å². The Morgan fingerprint density at radius 2 is 2.22 bits per heavy atom. The van der Waals surface area contributed by atoms with Gasteiger partial charge < -0.3 is 9.88 Å². The Balaban J connectivity index is 1.55. The highest BCUT2D eigenvalue weighted by Gasteiger charge is 2.21. The molecule has 1 aliphatic heterocycles. The molecule has 0 fully saturated rings. The molecule has 124 valence electrons. The molecule has 0 unspecified atom stereocenters. The number of hydrogen-bond donors (Lipinski definition) is 1. The lowest BCUT2D eigenvalue weighted by atomic mass is 10.3. The first kappa shape index (κ1) is 15.7. The Morgan fingerprint density at radius 3 is 3.04 bits per heavy atom. The van der Waals surface area contributed by atoms with Crippen molar-refractivity contribution >= 4 is 11.7 Å². The van der Waals surface area contributed by atoms with Gasteiger partial charge in [-0.05, 0) is 13.3 Å². The highest BCUT2D eigenvalue weighted by atomic mass is 16.2. The minimum atomic E-state index is -0.0204. The van der Waals surface area contributed by atoms with E-state index in [4.69, 9.17) is 0 Å². The summed E-state index contributed by atoms with van der Waals surface area (Å²) in [4.78, 5) is 14.4. The third kappa shape index (κ3) is 3.58. The molecule has 8 nitrogen and oxygen atoms in total. The van der Waals surface area contributed by atoms with Gasteiger partial charge >= 0.3 is 0 Å². The lowest BCUT2D eigenvalue weighted by Crippen LogP contribution is -2.39. The molecule has 0 spiro atoms. The summed E-state index contributed by atoms with van der Waals surface area (Å²) in [5.74, 6) is 2.60. The molecule has 3 heterocycles. The first-order valence-corrected chi connectivity index (χ1v) is 8.10. The molecule has 2 aromatic heterocycles. The largest absolute Gasteiger partial charge is 0.313 e. The van der Waals surface area contributed by atoms with E-state index in [1.165, 1.54) is 0 Å². The molecule has 0 saturated heterocycles. The summed E-state index contributed by atoms with van der Waals surface area (Å²) in [5, 5.41) is 15.5. The fraction of sp³-hybridized carbons (Fsp3) is 0.600. The third-order valence-electron chi connectivity index (χ3n) is 4.09. The van der Waals surface area contributed by atoms with Crippen LogP contribution < -0.4 is 5.32 Å². The Kier molecular flexibility index (Phi) is 4.71. The van der Waals surface area contributed by atoms with Gasteiger partial charge in [0.25, 0.3) is 0 Å². The highest BCUT2D eigenvalue weighted by molar-refractivity contribution is 5.91. The smallest absolute Gasteiger partial charge is 0.239 e. The first-order valence-electron chi connectivity index (χ1n) is 8.10. The number of anilines is 1. The van der Waals surface area contributed by atoms with Crippen LogP contribution in [-0.2, 0) is 24.4 Å². The molecule has 3 rings (SSSR count). The van der Waals surface area contributed by atoms with Crippen LogP contribution in [0.4, 0.5) is 5.82 Å². The molecule has 1 amide bonds. The zero-order valence-electron chi connectivity index (χ0n) is 13.7. The lowest BCUT2D eigenvalue weighted by molar-refractivity contribution is -0.117. The Morgan fingerprint density at radius 1 is 1.35 bits per heavy atom. The normalized spacial score (nSPS) is 14.7. The molecule has 0 aliphatic carbocycles. The number of fused-ring (bicyclic) bond motifs is 1. The van der Waals surface area contributed by atoms with Crippen molar-refractivity contribution in [1.82, 2.24) is 29.4 Å². The van der Waals surface area contributed by atoms with Gasteiger partial charge in [0.15, 0.2) is 0 Å². The highest BCUT2D eigenvalue weighted by Crippen LogP contribution is 2.12. The zero-order chi connectivity index (χ0) is 16.2. The fourth-order valence-electron chi connectivity index (χ4n) is 2.80. The molecular weight excluding hydrogens is 294 g/mol. The van der Waals surface area contributed by atoms with Gasteiger partial charge in [-0.1, -0.05) is 13.3 Å². The van der Waals surface area contributed by atoms with Crippen LogP contribution in [0.5, 0.6) is 0 Å². The Hall–Kier alpha value is -2.22. The third-order valence-corrected chi connectivity index (χ3v) is 4.09. The average molecular weight is 317 g/mol. The summed E-state index contributed by atoms with van der Waals surface area (Å²) in [5.41, 5.74) is 0. The van der Waals surface area contributed by atoms with Gasteiger partial charge in [0.05, 0.1) is 19.3 Å². The summed E-state index contributed by atoms with van der Waals surface area (Å²) in [6, 6.07) is 1.84. The predicted molar refractivity (Wildman–Crippen MR) is 85.8 cm³/mol. The van der Waals surface area contributed by atoms with E-state index >= 15 is 0 Å². The van der Waals surface area contributed by atoms with Gasteiger partial charge in [0.1, 0.15) is 17.5 Å². The van der Waals surface area contributed by atoms with E-state index in [1.807, 2.05) is 17.7 Å². The molecular formula is C15H23N7O. The summed E-state index contributed by atoms with van der Waals surface area (Å²) >= 11 is 0. The Bertz CT molecular complexity index is 675. The number of nitrogens with zero attached hydrogens (tertiary/aromatic N) is 6. The molecule has 0 saturated carbocycles. The van der Waals surface area contributed by atoms with Crippen molar-refractivity contribution in [2.75, 3.05) is 18.4 Å². The van der Waals surface area contributed by atoms with Gasteiger partial charge in [-0.25, -0.2) is 4.68 Å². The second-order valence-electron chi connectivity index (χ2n) is 5.87. The van der Waals surface area contributed by atoms with Crippen molar-refractivity contribution in [2.45, 2.75) is 46.3 Å². The van der Waals surface area contributed by atoms with Crippen molar-refractivity contribution < 1.29 is 4.79 Å². The van der Waals surface area contributed by atoms with E-state index in [1.54, 1.807) is 6.20 Å². The topological polar surface area (TPSA) is 80.9 Å². The molecule has 0 atom stereocenters. The number of aromatic nitrogens is 5. The number of rotatable bonds is 6. The maximum absolute atomic E-state index is 12.3. The molecule has 8 heteroatoms. The van der Waals surface area contributed by atoms with Crippen LogP contribution in [0.2, 0.25) is 0 Å². The molecule has 0 aromatic carbocycles. The van der Waals surface area contributed by atoms with Crippen molar-refractivity contribution in [1.29, 1.82) is 0 Å². The van der Waals surface area contributed by atoms with Gasteiger partial charge in [-0.2, -0.15) is 5.10 Å². The number of hydrogen-bond acceptors (Lipinski definition) is 5. The second kappa shape index (κ2) is 6.91. The lowest BCUT2D eigenvalue weighted by Gasteiger charge is -2.26. The minimum absolute atomic E-state index is 0.0204. The zero-order valence-corrected chi connectivity index (χ0v) is 13.7. The average Bonchev–Trinajstić information content (AvgIpc) is 3.12. The van der Waals surface area contributed by atoms with E-state index in [0.717, 1.165) is 49.9 Å². The number of unbranched alkanes of at least 4 members (excludes halogenated alkanes) is 1. The number of carbonyl (C=O) groups excluding carboxylic acids is 1.